The second kappa shape index (κ2) is 11.9. The molecule has 3 N–H and O–H groups in total. The second-order valence-electron chi connectivity index (χ2n) is 4.70. The Balaban J connectivity index is 0.00000484. The molecule has 1 aromatic rings. The van der Waals surface area contributed by atoms with Crippen molar-refractivity contribution in [2.45, 2.75) is 13.0 Å². The molecule has 1 atom stereocenters. The fourth-order valence-electron chi connectivity index (χ4n) is 1.88. The van der Waals surface area contributed by atoms with Gasteiger partial charge in [-0.2, -0.15) is 0 Å². The first-order valence-corrected chi connectivity index (χ1v) is 7.02. The van der Waals surface area contributed by atoms with Gasteiger partial charge in [-0.05, 0) is 13.0 Å². The summed E-state index contributed by atoms with van der Waals surface area (Å²) in [5.74, 6) is 0.661. The van der Waals surface area contributed by atoms with Gasteiger partial charge in [-0.1, -0.05) is 12.1 Å². The summed E-state index contributed by atoms with van der Waals surface area (Å²) in [6.07, 6.45) is 0. The van der Waals surface area contributed by atoms with E-state index in [1.807, 2.05) is 6.92 Å². The van der Waals surface area contributed by atoms with Gasteiger partial charge in [0.1, 0.15) is 5.69 Å². The molecule has 0 aliphatic rings. The third kappa shape index (κ3) is 7.98. The highest BCUT2D eigenvalue weighted by molar-refractivity contribution is 14.0. The number of aliphatic imine (C=N–C) groups is 1. The Labute approximate surface area is 153 Å². The third-order valence-corrected chi connectivity index (χ3v) is 2.86. The molecule has 0 aromatic heterocycles. The van der Waals surface area contributed by atoms with Crippen LogP contribution in [0.4, 0.5) is 11.4 Å². The van der Waals surface area contributed by atoms with Crippen molar-refractivity contribution < 1.29 is 9.66 Å². The minimum Gasteiger partial charge on any atom is -0.383 e. The zero-order chi connectivity index (χ0) is 16.4. The SMILES string of the molecule is CN=C(NCCNc1ccccc1[N+](=O)[O-])NC(C)COC.I. The Morgan fingerprint density at radius 3 is 2.70 bits per heavy atom. The van der Waals surface area contributed by atoms with Gasteiger partial charge in [-0.3, -0.25) is 15.1 Å². The zero-order valence-corrected chi connectivity index (χ0v) is 15.9. The lowest BCUT2D eigenvalue weighted by Gasteiger charge is -2.17. The monoisotopic (exact) mass is 437 g/mol. The van der Waals surface area contributed by atoms with Gasteiger partial charge >= 0.3 is 0 Å². The van der Waals surface area contributed by atoms with Crippen molar-refractivity contribution in [2.24, 2.45) is 4.99 Å². The molecule has 1 aromatic carbocycles. The molecule has 0 aliphatic carbocycles. The molecule has 9 heteroatoms. The number of para-hydroxylation sites is 2. The molecule has 1 rings (SSSR count). The van der Waals surface area contributed by atoms with Crippen molar-refractivity contribution in [1.29, 1.82) is 0 Å². The Morgan fingerprint density at radius 2 is 2.09 bits per heavy atom. The van der Waals surface area contributed by atoms with Crippen LogP contribution in [0, 0.1) is 10.1 Å². The first kappa shape index (κ1) is 21.4. The number of hydrogen-bond acceptors (Lipinski definition) is 5. The Bertz CT molecular complexity index is 513. The topological polar surface area (TPSA) is 101 Å². The zero-order valence-electron chi connectivity index (χ0n) is 13.5. The maximum atomic E-state index is 10.9. The molecule has 0 aliphatic heterocycles. The smallest absolute Gasteiger partial charge is 0.292 e. The quantitative estimate of drug-likeness (QED) is 0.143. The Kier molecular flexibility index (Phi) is 11.0. The number of nitrogens with one attached hydrogen (secondary N) is 3. The van der Waals surface area contributed by atoms with Crippen LogP contribution in [-0.2, 0) is 4.74 Å². The van der Waals surface area contributed by atoms with Gasteiger partial charge in [0.05, 0.1) is 11.5 Å². The summed E-state index contributed by atoms with van der Waals surface area (Å²) in [4.78, 5) is 14.6. The van der Waals surface area contributed by atoms with Gasteiger partial charge in [0.15, 0.2) is 5.96 Å². The summed E-state index contributed by atoms with van der Waals surface area (Å²) < 4.78 is 5.05. The average molecular weight is 437 g/mol. The fraction of sp³-hybridized carbons (Fsp3) is 0.500. The molecule has 8 nitrogen and oxygen atoms in total. The molecule has 0 spiro atoms. The third-order valence-electron chi connectivity index (χ3n) is 2.86. The van der Waals surface area contributed by atoms with Crippen molar-refractivity contribution in [2.75, 3.05) is 39.2 Å². The molecule has 0 bridgehead atoms. The van der Waals surface area contributed by atoms with Crippen LogP contribution >= 0.6 is 24.0 Å². The highest BCUT2D eigenvalue weighted by atomic mass is 127. The van der Waals surface area contributed by atoms with Crippen LogP contribution < -0.4 is 16.0 Å². The summed E-state index contributed by atoms with van der Waals surface area (Å²) in [5.41, 5.74) is 0.573. The largest absolute Gasteiger partial charge is 0.383 e. The van der Waals surface area contributed by atoms with Gasteiger partial charge in [0.25, 0.3) is 5.69 Å². The van der Waals surface area contributed by atoms with Gasteiger partial charge in [-0.25, -0.2) is 0 Å². The van der Waals surface area contributed by atoms with E-state index in [4.69, 9.17) is 4.74 Å². The lowest BCUT2D eigenvalue weighted by atomic mass is 10.2. The van der Waals surface area contributed by atoms with E-state index in [2.05, 4.69) is 20.9 Å². The van der Waals surface area contributed by atoms with Crippen LogP contribution in [0.2, 0.25) is 0 Å². The van der Waals surface area contributed by atoms with Gasteiger partial charge in [-0.15, -0.1) is 24.0 Å². The average Bonchev–Trinajstić information content (AvgIpc) is 2.50. The maximum absolute atomic E-state index is 10.9. The fourth-order valence-corrected chi connectivity index (χ4v) is 1.88. The van der Waals surface area contributed by atoms with Crippen molar-refractivity contribution in [1.82, 2.24) is 10.6 Å². The molecule has 0 amide bonds. The van der Waals surface area contributed by atoms with E-state index in [9.17, 15) is 10.1 Å². The number of nitrogens with zero attached hydrogens (tertiary/aromatic N) is 2. The second-order valence-corrected chi connectivity index (χ2v) is 4.70. The number of hydrogen-bond donors (Lipinski definition) is 3. The number of methoxy groups -OCH3 is 1. The predicted molar refractivity (Wildman–Crippen MR) is 103 cm³/mol. The number of nitro benzene ring substituents is 1. The van der Waals surface area contributed by atoms with Crippen LogP contribution in [0.5, 0.6) is 0 Å². The first-order valence-electron chi connectivity index (χ1n) is 7.02. The van der Waals surface area contributed by atoms with E-state index in [0.717, 1.165) is 0 Å². The number of halogens is 1. The van der Waals surface area contributed by atoms with Crippen molar-refractivity contribution in [3.63, 3.8) is 0 Å². The van der Waals surface area contributed by atoms with Crippen LogP contribution in [0.1, 0.15) is 6.92 Å². The summed E-state index contributed by atoms with van der Waals surface area (Å²) in [5, 5.41) is 20.2. The van der Waals surface area contributed by atoms with Gasteiger partial charge < -0.3 is 20.7 Å². The molecule has 23 heavy (non-hydrogen) atoms. The Morgan fingerprint density at radius 1 is 1.39 bits per heavy atom. The molecule has 1 unspecified atom stereocenters. The number of benzene rings is 1. The molecule has 0 radical (unpaired) electrons. The molecule has 0 saturated heterocycles. The number of ether oxygens (including phenoxy) is 1. The van der Waals surface area contributed by atoms with E-state index in [0.29, 0.717) is 31.3 Å². The van der Waals surface area contributed by atoms with Crippen LogP contribution in [-0.4, -0.2) is 50.8 Å². The van der Waals surface area contributed by atoms with Crippen molar-refractivity contribution in [3.05, 3.63) is 34.4 Å². The molecule has 0 fully saturated rings. The number of anilines is 1. The molecular formula is C14H24IN5O3. The number of nitro groups is 1. The van der Waals surface area contributed by atoms with Crippen LogP contribution in [0.25, 0.3) is 0 Å². The molecule has 0 saturated carbocycles. The number of guanidine groups is 1. The van der Waals surface area contributed by atoms with Crippen molar-refractivity contribution in [3.8, 4) is 0 Å². The number of rotatable bonds is 8. The van der Waals surface area contributed by atoms with Crippen LogP contribution in [0.3, 0.4) is 0 Å². The van der Waals surface area contributed by atoms with E-state index >= 15 is 0 Å². The highest BCUT2D eigenvalue weighted by Gasteiger charge is 2.11. The first-order chi connectivity index (χ1) is 10.6. The van der Waals surface area contributed by atoms with E-state index in [-0.39, 0.29) is 35.7 Å². The Hall–Kier alpha value is -1.62. The van der Waals surface area contributed by atoms with E-state index in [1.165, 1.54) is 6.07 Å². The molecule has 130 valence electrons. The van der Waals surface area contributed by atoms with E-state index in [1.54, 1.807) is 32.4 Å². The lowest BCUT2D eigenvalue weighted by molar-refractivity contribution is -0.384. The minimum absolute atomic E-state index is 0. The standard InChI is InChI=1S/C14H23N5O3.HI/c1-11(10-22-3)18-14(15-2)17-9-8-16-12-6-4-5-7-13(12)19(20)21;/h4-7,11,16H,8-10H2,1-3H3,(H2,15,17,18);1H. The highest BCUT2D eigenvalue weighted by Crippen LogP contribution is 2.22. The molecular weight excluding hydrogens is 413 g/mol. The van der Waals surface area contributed by atoms with Gasteiger partial charge in [0, 0.05) is 39.4 Å². The summed E-state index contributed by atoms with van der Waals surface area (Å²) in [7, 11) is 3.33. The van der Waals surface area contributed by atoms with Crippen LogP contribution in [0.15, 0.2) is 29.3 Å². The summed E-state index contributed by atoms with van der Waals surface area (Å²) in [6.45, 7) is 3.67. The maximum Gasteiger partial charge on any atom is 0.292 e. The lowest BCUT2D eigenvalue weighted by Crippen LogP contribution is -2.45. The summed E-state index contributed by atoms with van der Waals surface area (Å²) in [6, 6.07) is 6.70. The molecule has 0 heterocycles. The predicted octanol–water partition coefficient (Wildman–Crippen LogP) is 1.82. The minimum atomic E-state index is -0.400. The van der Waals surface area contributed by atoms with E-state index < -0.39 is 4.92 Å². The summed E-state index contributed by atoms with van der Waals surface area (Å²) >= 11 is 0. The normalized spacial score (nSPS) is 12.0. The van der Waals surface area contributed by atoms with Crippen molar-refractivity contribution >= 4 is 41.3 Å². The van der Waals surface area contributed by atoms with Gasteiger partial charge in [0.2, 0.25) is 0 Å².